The van der Waals surface area contributed by atoms with Crippen LogP contribution in [0.25, 0.3) is 0 Å². The third-order valence-corrected chi connectivity index (χ3v) is 1.80. The summed E-state index contributed by atoms with van der Waals surface area (Å²) >= 11 is 0. The van der Waals surface area contributed by atoms with Gasteiger partial charge < -0.3 is 9.26 Å². The van der Waals surface area contributed by atoms with Gasteiger partial charge in [-0.3, -0.25) is 0 Å². The van der Waals surface area contributed by atoms with Crippen LogP contribution < -0.4 is 4.74 Å². The molecule has 0 radical (unpaired) electrons. The van der Waals surface area contributed by atoms with Gasteiger partial charge in [0, 0.05) is 15.9 Å². The number of hydrogen-bond acceptors (Lipinski definition) is 2. The Labute approximate surface area is 75.2 Å². The summed E-state index contributed by atoms with van der Waals surface area (Å²) in [6.07, 6.45) is 0.663. The fourth-order valence-corrected chi connectivity index (χ4v) is 1.11. The van der Waals surface area contributed by atoms with Gasteiger partial charge in [-0.05, 0) is 12.1 Å². The second kappa shape index (κ2) is 5.13. The third kappa shape index (κ3) is 2.80. The van der Waals surface area contributed by atoms with Gasteiger partial charge in [0.25, 0.3) is 0 Å². The molecule has 2 unspecified atom stereocenters. The van der Waals surface area contributed by atoms with E-state index in [0.29, 0.717) is 0 Å². The van der Waals surface area contributed by atoms with E-state index in [1.807, 2.05) is 37.3 Å². The molecule has 0 aliphatic carbocycles. The highest BCUT2D eigenvalue weighted by molar-refractivity contribution is 7.09. The maximum atomic E-state index is 5.47. The van der Waals surface area contributed by atoms with Crippen molar-refractivity contribution in [2.45, 2.75) is 19.6 Å². The lowest BCUT2D eigenvalue weighted by molar-refractivity contribution is 0.0189. The van der Waals surface area contributed by atoms with E-state index in [4.69, 9.17) is 9.26 Å². The van der Waals surface area contributed by atoms with Crippen molar-refractivity contribution in [3.63, 3.8) is 0 Å². The molecule has 0 saturated heterocycles. The average molecular weight is 184 g/mol. The molecule has 0 aromatic heterocycles. The molecule has 0 spiro atoms. The highest BCUT2D eigenvalue weighted by Crippen LogP contribution is 2.14. The second-order valence-corrected chi connectivity index (χ2v) is 2.68. The molecule has 0 aliphatic heterocycles. The van der Waals surface area contributed by atoms with E-state index >= 15 is 0 Å². The first kappa shape index (κ1) is 9.50. The van der Waals surface area contributed by atoms with Gasteiger partial charge in [0.15, 0.2) is 0 Å². The standard InChI is InChI=1S/C9H13O2P/c1-2-9(11-12)10-8-6-4-3-5-7-8/h3-7,9H,2,12H2,1H3. The first-order valence-corrected chi connectivity index (χ1v) is 4.41. The van der Waals surface area contributed by atoms with Crippen LogP contribution >= 0.6 is 9.47 Å². The van der Waals surface area contributed by atoms with Crippen molar-refractivity contribution in [2.75, 3.05) is 0 Å². The highest BCUT2D eigenvalue weighted by Gasteiger charge is 2.04. The predicted octanol–water partition coefficient (Wildman–Crippen LogP) is 2.61. The summed E-state index contributed by atoms with van der Waals surface area (Å²) in [5.41, 5.74) is 0. The number of rotatable bonds is 4. The Morgan fingerprint density at radius 2 is 2.00 bits per heavy atom. The summed E-state index contributed by atoms with van der Waals surface area (Å²) in [6, 6.07) is 9.64. The molecule has 0 amide bonds. The Kier molecular flexibility index (Phi) is 4.06. The molecule has 12 heavy (non-hydrogen) atoms. The average Bonchev–Trinajstić information content (AvgIpc) is 2.16. The minimum absolute atomic E-state index is 0.169. The Hall–Kier alpha value is -0.590. The SMILES string of the molecule is CCC(OP)Oc1ccccc1. The topological polar surface area (TPSA) is 18.5 Å². The van der Waals surface area contributed by atoms with Crippen molar-refractivity contribution in [1.82, 2.24) is 0 Å². The van der Waals surface area contributed by atoms with Crippen molar-refractivity contribution < 1.29 is 9.26 Å². The molecule has 1 rings (SSSR count). The van der Waals surface area contributed by atoms with E-state index in [0.717, 1.165) is 12.2 Å². The van der Waals surface area contributed by atoms with Gasteiger partial charge in [-0.2, -0.15) is 0 Å². The second-order valence-electron chi connectivity index (χ2n) is 2.40. The normalized spacial score (nSPS) is 12.5. The van der Waals surface area contributed by atoms with E-state index in [1.165, 1.54) is 0 Å². The maximum Gasteiger partial charge on any atom is 0.202 e. The first-order chi connectivity index (χ1) is 5.86. The van der Waals surface area contributed by atoms with E-state index in [-0.39, 0.29) is 6.29 Å². The molecule has 0 fully saturated rings. The lowest BCUT2D eigenvalue weighted by Crippen LogP contribution is -2.14. The lowest BCUT2D eigenvalue weighted by atomic mass is 10.3. The van der Waals surface area contributed by atoms with E-state index in [2.05, 4.69) is 9.47 Å². The van der Waals surface area contributed by atoms with Crippen LogP contribution in [0.2, 0.25) is 0 Å². The van der Waals surface area contributed by atoms with Crippen LogP contribution in [0.1, 0.15) is 13.3 Å². The van der Waals surface area contributed by atoms with Crippen molar-refractivity contribution in [2.24, 2.45) is 0 Å². The fraction of sp³-hybridized carbons (Fsp3) is 0.333. The minimum atomic E-state index is -0.169. The van der Waals surface area contributed by atoms with Crippen LogP contribution in [-0.2, 0) is 4.52 Å². The minimum Gasteiger partial charge on any atom is -0.465 e. The number of ether oxygens (including phenoxy) is 1. The summed E-state index contributed by atoms with van der Waals surface area (Å²) in [6.45, 7) is 2.01. The summed E-state index contributed by atoms with van der Waals surface area (Å²) < 4.78 is 10.5. The Bertz CT molecular complexity index is 209. The zero-order valence-electron chi connectivity index (χ0n) is 7.07. The van der Waals surface area contributed by atoms with Gasteiger partial charge in [-0.1, -0.05) is 25.1 Å². The molecule has 0 saturated carbocycles. The monoisotopic (exact) mass is 184 g/mol. The van der Waals surface area contributed by atoms with Crippen LogP contribution in [0.4, 0.5) is 0 Å². The van der Waals surface area contributed by atoms with Crippen molar-refractivity contribution in [3.8, 4) is 5.75 Å². The summed E-state index contributed by atoms with van der Waals surface area (Å²) in [5, 5.41) is 0. The van der Waals surface area contributed by atoms with E-state index in [1.54, 1.807) is 0 Å². The van der Waals surface area contributed by atoms with Gasteiger partial charge >= 0.3 is 0 Å². The molecule has 2 nitrogen and oxygen atoms in total. The van der Waals surface area contributed by atoms with Crippen molar-refractivity contribution in [3.05, 3.63) is 30.3 Å². The third-order valence-electron chi connectivity index (χ3n) is 1.50. The van der Waals surface area contributed by atoms with E-state index in [9.17, 15) is 0 Å². The maximum absolute atomic E-state index is 5.47. The number of para-hydroxylation sites is 1. The van der Waals surface area contributed by atoms with Crippen LogP contribution in [-0.4, -0.2) is 6.29 Å². The molecule has 66 valence electrons. The van der Waals surface area contributed by atoms with E-state index < -0.39 is 0 Å². The molecule has 1 aromatic rings. The zero-order valence-corrected chi connectivity index (χ0v) is 8.22. The molecule has 1 aromatic carbocycles. The van der Waals surface area contributed by atoms with Crippen molar-refractivity contribution >= 4 is 9.47 Å². The van der Waals surface area contributed by atoms with Gasteiger partial charge in [-0.15, -0.1) is 0 Å². The molecule has 3 heteroatoms. The van der Waals surface area contributed by atoms with Crippen LogP contribution in [0.3, 0.4) is 0 Å². The largest absolute Gasteiger partial charge is 0.465 e. The Morgan fingerprint density at radius 3 is 2.50 bits per heavy atom. The molecular weight excluding hydrogens is 171 g/mol. The first-order valence-electron chi connectivity index (χ1n) is 3.94. The quantitative estimate of drug-likeness (QED) is 0.529. The molecule has 2 atom stereocenters. The summed E-state index contributed by atoms with van der Waals surface area (Å²) in [7, 11) is 2.21. The fourth-order valence-electron chi connectivity index (χ4n) is 0.858. The summed E-state index contributed by atoms with van der Waals surface area (Å²) in [4.78, 5) is 0. The van der Waals surface area contributed by atoms with Crippen LogP contribution in [0, 0.1) is 0 Å². The van der Waals surface area contributed by atoms with Crippen LogP contribution in [0.15, 0.2) is 30.3 Å². The molecule has 0 heterocycles. The number of benzene rings is 1. The van der Waals surface area contributed by atoms with Gasteiger partial charge in [0.2, 0.25) is 6.29 Å². The van der Waals surface area contributed by atoms with Gasteiger partial charge in [0.05, 0.1) is 0 Å². The highest BCUT2D eigenvalue weighted by atomic mass is 31.0. The predicted molar refractivity (Wildman–Crippen MR) is 51.9 cm³/mol. The summed E-state index contributed by atoms with van der Waals surface area (Å²) in [5.74, 6) is 0.840. The Morgan fingerprint density at radius 1 is 1.33 bits per heavy atom. The smallest absolute Gasteiger partial charge is 0.202 e. The molecular formula is C9H13O2P. The lowest BCUT2D eigenvalue weighted by Gasteiger charge is -2.14. The molecule has 0 aliphatic rings. The molecule has 0 bridgehead atoms. The van der Waals surface area contributed by atoms with Crippen molar-refractivity contribution in [1.29, 1.82) is 0 Å². The zero-order chi connectivity index (χ0) is 8.81. The Balaban J connectivity index is 2.51. The number of hydrogen-bond donors (Lipinski definition) is 0. The van der Waals surface area contributed by atoms with Crippen LogP contribution in [0.5, 0.6) is 5.75 Å². The molecule has 0 N–H and O–H groups in total. The van der Waals surface area contributed by atoms with Gasteiger partial charge in [0.1, 0.15) is 5.75 Å². The van der Waals surface area contributed by atoms with Gasteiger partial charge in [-0.25, -0.2) is 0 Å².